The highest BCUT2D eigenvalue weighted by Crippen LogP contribution is 2.25. The van der Waals surface area contributed by atoms with Gasteiger partial charge in [0.05, 0.1) is 5.69 Å². The van der Waals surface area contributed by atoms with E-state index in [1.807, 2.05) is 32.9 Å². The summed E-state index contributed by atoms with van der Waals surface area (Å²) in [5.74, 6) is 1.27. The molecule has 0 atom stereocenters. The van der Waals surface area contributed by atoms with E-state index in [1.54, 1.807) is 0 Å². The van der Waals surface area contributed by atoms with Gasteiger partial charge in [-0.3, -0.25) is 0 Å². The zero-order valence-electron chi connectivity index (χ0n) is 14.4. The Kier molecular flexibility index (Phi) is 5.45. The van der Waals surface area contributed by atoms with Gasteiger partial charge in [0.2, 0.25) is 5.88 Å². The summed E-state index contributed by atoms with van der Waals surface area (Å²) >= 11 is 0. The minimum absolute atomic E-state index is 0.150. The lowest BCUT2D eigenvalue weighted by Crippen LogP contribution is -2.34. The molecule has 0 saturated carbocycles. The third-order valence-corrected chi connectivity index (χ3v) is 2.78. The molecular formula is C16H30N4O. The third kappa shape index (κ3) is 6.67. The predicted molar refractivity (Wildman–Crippen MR) is 89.9 cm³/mol. The van der Waals surface area contributed by atoms with Crippen LogP contribution in [0.15, 0.2) is 12.1 Å². The Morgan fingerprint density at radius 1 is 1.19 bits per heavy atom. The fourth-order valence-corrected chi connectivity index (χ4v) is 2.16. The van der Waals surface area contributed by atoms with E-state index in [1.165, 1.54) is 0 Å². The van der Waals surface area contributed by atoms with Gasteiger partial charge in [-0.25, -0.2) is 0 Å². The van der Waals surface area contributed by atoms with Crippen molar-refractivity contribution in [2.24, 2.45) is 5.41 Å². The van der Waals surface area contributed by atoms with Crippen molar-refractivity contribution < 1.29 is 4.74 Å². The molecule has 0 radical (unpaired) electrons. The molecule has 1 rings (SSSR count). The SMILES string of the molecule is CN(C)CC(C)(C)CNc1ccc(N)c(OC(C)(C)C)n1. The lowest BCUT2D eigenvalue weighted by Gasteiger charge is -2.29. The summed E-state index contributed by atoms with van der Waals surface area (Å²) in [7, 11) is 4.16. The maximum Gasteiger partial charge on any atom is 0.239 e. The summed E-state index contributed by atoms with van der Waals surface area (Å²) in [4.78, 5) is 6.65. The lowest BCUT2D eigenvalue weighted by molar-refractivity contribution is 0.125. The number of aromatic nitrogens is 1. The van der Waals surface area contributed by atoms with Gasteiger partial charge in [-0.1, -0.05) is 13.8 Å². The summed E-state index contributed by atoms with van der Waals surface area (Å²) in [5.41, 5.74) is 6.32. The second kappa shape index (κ2) is 6.52. The van der Waals surface area contributed by atoms with Crippen LogP contribution in [0.4, 0.5) is 11.5 Å². The van der Waals surface area contributed by atoms with Gasteiger partial charge < -0.3 is 20.7 Å². The maximum atomic E-state index is 5.92. The van der Waals surface area contributed by atoms with Crippen LogP contribution < -0.4 is 15.8 Å². The molecule has 0 aliphatic heterocycles. The van der Waals surface area contributed by atoms with Crippen molar-refractivity contribution in [2.75, 3.05) is 38.2 Å². The fraction of sp³-hybridized carbons (Fsp3) is 0.688. The monoisotopic (exact) mass is 294 g/mol. The van der Waals surface area contributed by atoms with Gasteiger partial charge in [0.15, 0.2) is 0 Å². The van der Waals surface area contributed by atoms with Gasteiger partial charge in [-0.2, -0.15) is 4.98 Å². The molecule has 0 aliphatic carbocycles. The summed E-state index contributed by atoms with van der Waals surface area (Å²) in [6.45, 7) is 12.2. The van der Waals surface area contributed by atoms with Gasteiger partial charge in [-0.05, 0) is 52.4 Å². The second-order valence-corrected chi connectivity index (χ2v) is 7.56. The number of rotatable bonds is 6. The topological polar surface area (TPSA) is 63.4 Å². The number of hydrogen-bond acceptors (Lipinski definition) is 5. The van der Waals surface area contributed by atoms with Gasteiger partial charge in [0.25, 0.3) is 0 Å². The molecule has 1 aromatic heterocycles. The van der Waals surface area contributed by atoms with Crippen LogP contribution >= 0.6 is 0 Å². The molecule has 5 nitrogen and oxygen atoms in total. The second-order valence-electron chi connectivity index (χ2n) is 7.56. The minimum Gasteiger partial charge on any atom is -0.470 e. The zero-order chi connectivity index (χ0) is 16.3. The summed E-state index contributed by atoms with van der Waals surface area (Å²) in [6, 6.07) is 3.71. The largest absolute Gasteiger partial charge is 0.470 e. The van der Waals surface area contributed by atoms with Crippen LogP contribution in [0.25, 0.3) is 0 Å². The number of ether oxygens (including phenoxy) is 1. The zero-order valence-corrected chi connectivity index (χ0v) is 14.4. The molecular weight excluding hydrogens is 264 g/mol. The smallest absolute Gasteiger partial charge is 0.239 e. The molecule has 0 aromatic carbocycles. The number of hydrogen-bond donors (Lipinski definition) is 2. The van der Waals surface area contributed by atoms with Gasteiger partial charge in [0.1, 0.15) is 11.4 Å². The quantitative estimate of drug-likeness (QED) is 0.844. The van der Waals surface area contributed by atoms with E-state index in [4.69, 9.17) is 10.5 Å². The standard InChI is InChI=1S/C16H30N4O/c1-15(2,3)21-14-12(17)8-9-13(19-14)18-10-16(4,5)11-20(6)7/h8-9H,10-11,17H2,1-7H3,(H,18,19). The van der Waals surface area contributed by atoms with Gasteiger partial charge in [0, 0.05) is 13.1 Å². The van der Waals surface area contributed by atoms with Crippen molar-refractivity contribution in [2.45, 2.75) is 40.2 Å². The minimum atomic E-state index is -0.316. The van der Waals surface area contributed by atoms with E-state index in [2.05, 4.69) is 43.1 Å². The Labute approximate surface area is 128 Å². The summed E-state index contributed by atoms with van der Waals surface area (Å²) < 4.78 is 5.79. The average Bonchev–Trinajstić information content (AvgIpc) is 2.27. The van der Waals surface area contributed by atoms with E-state index in [-0.39, 0.29) is 11.0 Å². The maximum absolute atomic E-state index is 5.92. The molecule has 0 fully saturated rings. The van der Waals surface area contributed by atoms with E-state index >= 15 is 0 Å². The first-order valence-corrected chi connectivity index (χ1v) is 7.33. The normalized spacial score (nSPS) is 12.6. The molecule has 3 N–H and O–H groups in total. The van der Waals surface area contributed by atoms with E-state index in [9.17, 15) is 0 Å². The average molecular weight is 294 g/mol. The van der Waals surface area contributed by atoms with Crippen molar-refractivity contribution >= 4 is 11.5 Å². The van der Waals surface area contributed by atoms with Crippen LogP contribution in [-0.2, 0) is 0 Å². The van der Waals surface area contributed by atoms with E-state index in [0.29, 0.717) is 11.6 Å². The predicted octanol–water partition coefficient (Wildman–Crippen LogP) is 2.84. The molecule has 5 heteroatoms. The fourth-order valence-electron chi connectivity index (χ4n) is 2.16. The van der Waals surface area contributed by atoms with Crippen LogP contribution in [0, 0.1) is 5.41 Å². The third-order valence-electron chi connectivity index (χ3n) is 2.78. The van der Waals surface area contributed by atoms with Crippen LogP contribution in [0.3, 0.4) is 0 Å². The van der Waals surface area contributed by atoms with Crippen molar-refractivity contribution in [1.29, 1.82) is 0 Å². The van der Waals surface area contributed by atoms with Gasteiger partial charge in [-0.15, -0.1) is 0 Å². The highest BCUT2D eigenvalue weighted by Gasteiger charge is 2.20. The Morgan fingerprint density at radius 3 is 2.33 bits per heavy atom. The lowest BCUT2D eigenvalue weighted by atomic mass is 9.93. The summed E-state index contributed by atoms with van der Waals surface area (Å²) in [5, 5.41) is 3.37. The Bertz CT molecular complexity index is 464. The first-order valence-electron chi connectivity index (χ1n) is 7.33. The first kappa shape index (κ1) is 17.6. The molecule has 0 bridgehead atoms. The molecule has 0 saturated heterocycles. The van der Waals surface area contributed by atoms with Crippen LogP contribution in [0.5, 0.6) is 5.88 Å². The van der Waals surface area contributed by atoms with Crippen molar-refractivity contribution in [3.05, 3.63) is 12.1 Å². The molecule has 1 aromatic rings. The number of nitrogens with zero attached hydrogens (tertiary/aromatic N) is 2. The highest BCUT2D eigenvalue weighted by molar-refractivity contribution is 5.53. The Balaban J connectivity index is 2.75. The van der Waals surface area contributed by atoms with Crippen LogP contribution in [0.2, 0.25) is 0 Å². The van der Waals surface area contributed by atoms with E-state index < -0.39 is 0 Å². The number of nitrogens with two attached hydrogens (primary N) is 1. The molecule has 0 aliphatic rings. The van der Waals surface area contributed by atoms with Crippen molar-refractivity contribution in [1.82, 2.24) is 9.88 Å². The number of nitrogen functional groups attached to an aromatic ring is 1. The van der Waals surface area contributed by atoms with E-state index in [0.717, 1.165) is 18.9 Å². The number of anilines is 2. The number of nitrogens with one attached hydrogen (secondary N) is 1. The molecule has 1 heterocycles. The summed E-state index contributed by atoms with van der Waals surface area (Å²) in [6.07, 6.45) is 0. The molecule has 0 amide bonds. The first-order chi connectivity index (χ1) is 9.48. The molecule has 0 spiro atoms. The molecule has 0 unspecified atom stereocenters. The van der Waals surface area contributed by atoms with Crippen molar-refractivity contribution in [3.8, 4) is 5.88 Å². The Morgan fingerprint density at radius 2 is 1.81 bits per heavy atom. The highest BCUT2D eigenvalue weighted by atomic mass is 16.5. The molecule has 21 heavy (non-hydrogen) atoms. The molecule has 120 valence electrons. The Hall–Kier alpha value is -1.49. The van der Waals surface area contributed by atoms with Gasteiger partial charge >= 0.3 is 0 Å². The van der Waals surface area contributed by atoms with Crippen LogP contribution in [0.1, 0.15) is 34.6 Å². The number of pyridine rings is 1. The van der Waals surface area contributed by atoms with Crippen LogP contribution in [-0.4, -0.2) is 42.7 Å². The van der Waals surface area contributed by atoms with Crippen molar-refractivity contribution in [3.63, 3.8) is 0 Å².